The van der Waals surface area contributed by atoms with Crippen molar-refractivity contribution >= 4 is 5.91 Å². The van der Waals surface area contributed by atoms with Gasteiger partial charge in [0.05, 0.1) is 6.61 Å². The summed E-state index contributed by atoms with van der Waals surface area (Å²) >= 11 is 0. The van der Waals surface area contributed by atoms with Gasteiger partial charge in [-0.3, -0.25) is 9.59 Å². The lowest BCUT2D eigenvalue weighted by atomic mass is 10.3. The highest BCUT2D eigenvalue weighted by Crippen LogP contribution is 1.87. The highest BCUT2D eigenvalue weighted by atomic mass is 16.5. The highest BCUT2D eigenvalue weighted by molar-refractivity contribution is 5.92. The average Bonchev–Trinajstić information content (AvgIpc) is 2.18. The smallest absolute Gasteiger partial charge is 0.267 e. The standard InChI is InChI=1S/C9H12N2O3/c1-14-5-4-11-9(13)8-6-7(12)2-3-10-8/h2-3,6H,4-5H2,1H3,(H,10,12)(H,11,13). The maximum atomic E-state index is 11.3. The number of aromatic nitrogens is 1. The van der Waals surface area contributed by atoms with Crippen LogP contribution in [0.25, 0.3) is 0 Å². The van der Waals surface area contributed by atoms with Crippen LogP contribution in [-0.2, 0) is 4.74 Å². The minimum absolute atomic E-state index is 0.194. The van der Waals surface area contributed by atoms with Gasteiger partial charge < -0.3 is 15.0 Å². The number of nitrogens with one attached hydrogen (secondary N) is 2. The van der Waals surface area contributed by atoms with E-state index in [-0.39, 0.29) is 17.0 Å². The molecule has 1 aromatic rings. The van der Waals surface area contributed by atoms with Crippen molar-refractivity contribution < 1.29 is 9.53 Å². The first-order valence-electron chi connectivity index (χ1n) is 4.20. The molecule has 0 aliphatic heterocycles. The van der Waals surface area contributed by atoms with Crippen molar-refractivity contribution in [3.8, 4) is 0 Å². The third-order valence-corrected chi connectivity index (χ3v) is 1.61. The zero-order valence-corrected chi connectivity index (χ0v) is 7.87. The van der Waals surface area contributed by atoms with Gasteiger partial charge in [-0.2, -0.15) is 0 Å². The van der Waals surface area contributed by atoms with Gasteiger partial charge in [-0.25, -0.2) is 0 Å². The zero-order chi connectivity index (χ0) is 10.4. The van der Waals surface area contributed by atoms with Gasteiger partial charge in [-0.15, -0.1) is 0 Å². The lowest BCUT2D eigenvalue weighted by Crippen LogP contribution is -2.28. The quantitative estimate of drug-likeness (QED) is 0.652. The first kappa shape index (κ1) is 10.5. The molecule has 0 aliphatic carbocycles. The van der Waals surface area contributed by atoms with Crippen LogP contribution in [0.3, 0.4) is 0 Å². The number of pyridine rings is 1. The predicted molar refractivity (Wildman–Crippen MR) is 51.3 cm³/mol. The van der Waals surface area contributed by atoms with Gasteiger partial charge in [0.2, 0.25) is 0 Å². The number of rotatable bonds is 4. The van der Waals surface area contributed by atoms with Crippen molar-refractivity contribution in [2.75, 3.05) is 20.3 Å². The summed E-state index contributed by atoms with van der Waals surface area (Å²) in [6.07, 6.45) is 1.44. The summed E-state index contributed by atoms with van der Waals surface area (Å²) < 4.78 is 4.77. The fourth-order valence-electron chi connectivity index (χ4n) is 0.939. The second-order valence-electron chi connectivity index (χ2n) is 2.69. The maximum absolute atomic E-state index is 11.3. The number of amides is 1. The molecule has 5 heteroatoms. The Balaban J connectivity index is 2.56. The largest absolute Gasteiger partial charge is 0.383 e. The van der Waals surface area contributed by atoms with Crippen LogP contribution >= 0.6 is 0 Å². The molecule has 0 aliphatic rings. The molecule has 1 heterocycles. The molecule has 0 fully saturated rings. The number of carbonyl (C=O) groups is 1. The predicted octanol–water partition coefficient (Wildman–Crippen LogP) is -0.249. The van der Waals surface area contributed by atoms with Crippen LogP contribution in [0, 0.1) is 0 Å². The summed E-state index contributed by atoms with van der Waals surface area (Å²) in [6, 6.07) is 2.61. The zero-order valence-electron chi connectivity index (χ0n) is 7.87. The van der Waals surface area contributed by atoms with Gasteiger partial charge in [0, 0.05) is 32.0 Å². The van der Waals surface area contributed by atoms with E-state index in [9.17, 15) is 9.59 Å². The van der Waals surface area contributed by atoms with Crippen LogP contribution in [0.2, 0.25) is 0 Å². The van der Waals surface area contributed by atoms with E-state index >= 15 is 0 Å². The van der Waals surface area contributed by atoms with Gasteiger partial charge in [-0.05, 0) is 0 Å². The molecule has 0 radical (unpaired) electrons. The molecule has 76 valence electrons. The van der Waals surface area contributed by atoms with Crippen LogP contribution in [0.4, 0.5) is 0 Å². The molecule has 1 aromatic heterocycles. The first-order valence-corrected chi connectivity index (χ1v) is 4.20. The van der Waals surface area contributed by atoms with E-state index in [2.05, 4.69) is 10.3 Å². The Labute approximate surface area is 81.1 Å². The molecule has 0 atom stereocenters. The third kappa shape index (κ3) is 3.02. The van der Waals surface area contributed by atoms with Crippen molar-refractivity contribution in [1.82, 2.24) is 10.3 Å². The van der Waals surface area contributed by atoms with E-state index < -0.39 is 0 Å². The number of aromatic amines is 1. The summed E-state index contributed by atoms with van der Waals surface area (Å²) in [5, 5.41) is 2.59. The molecular formula is C9H12N2O3. The van der Waals surface area contributed by atoms with Crippen LogP contribution < -0.4 is 10.7 Å². The number of methoxy groups -OCH3 is 1. The van der Waals surface area contributed by atoms with Gasteiger partial charge in [0.1, 0.15) is 5.69 Å². The van der Waals surface area contributed by atoms with Crippen molar-refractivity contribution in [3.63, 3.8) is 0 Å². The molecule has 0 unspecified atom stereocenters. The van der Waals surface area contributed by atoms with E-state index in [0.717, 1.165) is 0 Å². The number of ether oxygens (including phenoxy) is 1. The van der Waals surface area contributed by atoms with Crippen molar-refractivity contribution in [1.29, 1.82) is 0 Å². The third-order valence-electron chi connectivity index (χ3n) is 1.61. The van der Waals surface area contributed by atoms with Crippen molar-refractivity contribution in [2.45, 2.75) is 0 Å². The van der Waals surface area contributed by atoms with Crippen LogP contribution in [0.5, 0.6) is 0 Å². The lowest BCUT2D eigenvalue weighted by Gasteiger charge is -2.03. The monoisotopic (exact) mass is 196 g/mol. The minimum atomic E-state index is -0.306. The fraction of sp³-hybridized carbons (Fsp3) is 0.333. The molecule has 0 bridgehead atoms. The molecule has 0 saturated carbocycles. The Morgan fingerprint density at radius 2 is 2.43 bits per heavy atom. The molecule has 14 heavy (non-hydrogen) atoms. The minimum Gasteiger partial charge on any atom is -0.383 e. The van der Waals surface area contributed by atoms with Crippen LogP contribution in [0.1, 0.15) is 10.5 Å². The van der Waals surface area contributed by atoms with Crippen molar-refractivity contribution in [3.05, 3.63) is 34.2 Å². The summed E-state index contributed by atoms with van der Waals surface area (Å²) in [5.74, 6) is -0.306. The lowest BCUT2D eigenvalue weighted by molar-refractivity contribution is 0.0932. The SMILES string of the molecule is COCCNC(=O)c1cc(=O)cc[nH]1. The second-order valence-corrected chi connectivity index (χ2v) is 2.69. The molecule has 0 saturated heterocycles. The number of H-pyrrole nitrogens is 1. The number of hydrogen-bond donors (Lipinski definition) is 2. The Morgan fingerprint density at radius 1 is 1.64 bits per heavy atom. The molecular weight excluding hydrogens is 184 g/mol. The number of hydrogen-bond acceptors (Lipinski definition) is 3. The summed E-state index contributed by atoms with van der Waals surface area (Å²) in [5.41, 5.74) is 0.0641. The Morgan fingerprint density at radius 3 is 3.07 bits per heavy atom. The van der Waals surface area contributed by atoms with E-state index in [4.69, 9.17) is 4.74 Å². The Hall–Kier alpha value is -1.62. The van der Waals surface area contributed by atoms with Gasteiger partial charge in [0.15, 0.2) is 5.43 Å². The molecule has 1 rings (SSSR count). The molecule has 0 aromatic carbocycles. The Bertz CT molecular complexity index is 359. The van der Waals surface area contributed by atoms with E-state index in [0.29, 0.717) is 13.2 Å². The maximum Gasteiger partial charge on any atom is 0.267 e. The van der Waals surface area contributed by atoms with E-state index in [1.54, 1.807) is 7.11 Å². The van der Waals surface area contributed by atoms with Gasteiger partial charge >= 0.3 is 0 Å². The topological polar surface area (TPSA) is 71.2 Å². The fourth-order valence-corrected chi connectivity index (χ4v) is 0.939. The second kappa shape index (κ2) is 5.18. The normalized spacial score (nSPS) is 9.79. The van der Waals surface area contributed by atoms with Crippen molar-refractivity contribution in [2.24, 2.45) is 0 Å². The molecule has 5 nitrogen and oxygen atoms in total. The summed E-state index contributed by atoms with van der Waals surface area (Å²) in [7, 11) is 1.55. The number of carbonyl (C=O) groups excluding carboxylic acids is 1. The molecule has 0 spiro atoms. The highest BCUT2D eigenvalue weighted by Gasteiger charge is 2.04. The van der Waals surface area contributed by atoms with E-state index in [1.807, 2.05) is 0 Å². The Kier molecular flexibility index (Phi) is 3.87. The average molecular weight is 196 g/mol. The summed E-state index contributed by atoms with van der Waals surface area (Å²) in [6.45, 7) is 0.870. The van der Waals surface area contributed by atoms with Crippen LogP contribution in [0.15, 0.2) is 23.1 Å². The molecule has 1 amide bonds. The van der Waals surface area contributed by atoms with Crippen LogP contribution in [-0.4, -0.2) is 31.2 Å². The van der Waals surface area contributed by atoms with E-state index in [1.165, 1.54) is 18.3 Å². The molecule has 2 N–H and O–H groups in total. The first-order chi connectivity index (χ1) is 6.74. The summed E-state index contributed by atoms with van der Waals surface area (Å²) in [4.78, 5) is 24.9. The van der Waals surface area contributed by atoms with Gasteiger partial charge in [-0.1, -0.05) is 0 Å². The van der Waals surface area contributed by atoms with Gasteiger partial charge in [0.25, 0.3) is 5.91 Å².